The SMILES string of the molecule is CCOc1ccc(/C(O)=C2\C(=O)C(=O)N(c3cccc(Cl)c3)C2c2ccccc2F)cc1. The molecular weight excluding hydrogens is 433 g/mol. The van der Waals surface area contributed by atoms with Crippen LogP contribution in [0, 0.1) is 5.82 Å². The van der Waals surface area contributed by atoms with E-state index in [9.17, 15) is 19.1 Å². The van der Waals surface area contributed by atoms with Gasteiger partial charge in [-0.05, 0) is 55.5 Å². The number of carbonyl (C=O) groups excluding carboxylic acids is 2. The van der Waals surface area contributed by atoms with Gasteiger partial charge >= 0.3 is 0 Å². The summed E-state index contributed by atoms with van der Waals surface area (Å²) in [6.07, 6.45) is 0. The summed E-state index contributed by atoms with van der Waals surface area (Å²) in [7, 11) is 0. The highest BCUT2D eigenvalue weighted by molar-refractivity contribution is 6.51. The first-order chi connectivity index (χ1) is 15.4. The summed E-state index contributed by atoms with van der Waals surface area (Å²) in [5, 5.41) is 11.4. The molecule has 162 valence electrons. The van der Waals surface area contributed by atoms with Crippen LogP contribution in [0.25, 0.3) is 5.76 Å². The van der Waals surface area contributed by atoms with Crippen molar-refractivity contribution in [1.29, 1.82) is 0 Å². The Bertz CT molecular complexity index is 1220. The summed E-state index contributed by atoms with van der Waals surface area (Å²) in [6, 6.07) is 17.5. The van der Waals surface area contributed by atoms with Gasteiger partial charge in [0.2, 0.25) is 0 Å². The fourth-order valence-corrected chi connectivity index (χ4v) is 3.93. The minimum Gasteiger partial charge on any atom is -0.507 e. The molecule has 0 aliphatic carbocycles. The third-order valence-electron chi connectivity index (χ3n) is 5.17. The van der Waals surface area contributed by atoms with Crippen molar-refractivity contribution < 1.29 is 23.8 Å². The number of Topliss-reactive ketones (excluding diaryl/α,β-unsaturated/α-hetero) is 1. The molecule has 0 saturated carbocycles. The molecule has 1 atom stereocenters. The van der Waals surface area contributed by atoms with Crippen molar-refractivity contribution >= 4 is 34.7 Å². The molecule has 0 bridgehead atoms. The summed E-state index contributed by atoms with van der Waals surface area (Å²) in [6.45, 7) is 2.32. The number of carbonyl (C=O) groups is 2. The lowest BCUT2D eigenvalue weighted by Crippen LogP contribution is -2.29. The zero-order valence-electron chi connectivity index (χ0n) is 17.1. The van der Waals surface area contributed by atoms with Gasteiger partial charge in [0, 0.05) is 21.8 Å². The zero-order valence-corrected chi connectivity index (χ0v) is 17.8. The molecule has 3 aromatic carbocycles. The van der Waals surface area contributed by atoms with Gasteiger partial charge in [-0.1, -0.05) is 35.9 Å². The van der Waals surface area contributed by atoms with Crippen molar-refractivity contribution in [3.63, 3.8) is 0 Å². The number of aliphatic hydroxyl groups excluding tert-OH is 1. The average molecular weight is 452 g/mol. The van der Waals surface area contributed by atoms with Crippen molar-refractivity contribution in [3.8, 4) is 5.75 Å². The van der Waals surface area contributed by atoms with Crippen LogP contribution < -0.4 is 9.64 Å². The van der Waals surface area contributed by atoms with Crippen LogP contribution in [0.15, 0.2) is 78.4 Å². The molecule has 1 aliphatic heterocycles. The van der Waals surface area contributed by atoms with Crippen LogP contribution in [0.3, 0.4) is 0 Å². The lowest BCUT2D eigenvalue weighted by atomic mass is 9.94. The fraction of sp³-hybridized carbons (Fsp3) is 0.120. The Hall–Kier alpha value is -3.64. The second-order valence-corrected chi connectivity index (χ2v) is 7.56. The molecule has 1 fully saturated rings. The molecule has 1 heterocycles. The average Bonchev–Trinajstić information content (AvgIpc) is 3.05. The number of anilines is 1. The highest BCUT2D eigenvalue weighted by Gasteiger charge is 2.47. The van der Waals surface area contributed by atoms with Crippen molar-refractivity contribution in [3.05, 3.63) is 100 Å². The third kappa shape index (κ3) is 3.85. The second-order valence-electron chi connectivity index (χ2n) is 7.13. The van der Waals surface area contributed by atoms with E-state index in [4.69, 9.17) is 16.3 Å². The number of benzene rings is 3. The van der Waals surface area contributed by atoms with Gasteiger partial charge in [-0.25, -0.2) is 4.39 Å². The Balaban J connectivity index is 1.92. The van der Waals surface area contributed by atoms with Gasteiger partial charge in [0.15, 0.2) is 0 Å². The van der Waals surface area contributed by atoms with Crippen molar-refractivity contribution in [2.75, 3.05) is 11.5 Å². The highest BCUT2D eigenvalue weighted by Crippen LogP contribution is 2.43. The van der Waals surface area contributed by atoms with E-state index in [1.54, 1.807) is 48.5 Å². The monoisotopic (exact) mass is 451 g/mol. The van der Waals surface area contributed by atoms with E-state index in [0.29, 0.717) is 28.6 Å². The topological polar surface area (TPSA) is 66.8 Å². The van der Waals surface area contributed by atoms with Gasteiger partial charge in [0.1, 0.15) is 17.3 Å². The molecule has 4 rings (SSSR count). The molecule has 3 aromatic rings. The van der Waals surface area contributed by atoms with Gasteiger partial charge < -0.3 is 9.84 Å². The quantitative estimate of drug-likeness (QED) is 0.316. The maximum Gasteiger partial charge on any atom is 0.300 e. The maximum atomic E-state index is 14.8. The van der Waals surface area contributed by atoms with Crippen LogP contribution in [-0.2, 0) is 9.59 Å². The first-order valence-corrected chi connectivity index (χ1v) is 10.3. The number of rotatable bonds is 5. The van der Waals surface area contributed by atoms with E-state index >= 15 is 0 Å². The van der Waals surface area contributed by atoms with Gasteiger partial charge in [-0.3, -0.25) is 14.5 Å². The Morgan fingerprint density at radius 2 is 1.78 bits per heavy atom. The zero-order chi connectivity index (χ0) is 22.8. The summed E-state index contributed by atoms with van der Waals surface area (Å²) in [5.41, 5.74) is 0.501. The molecule has 1 N–H and O–H groups in total. The Labute approximate surface area is 189 Å². The minimum atomic E-state index is -1.17. The van der Waals surface area contributed by atoms with Gasteiger partial charge in [-0.2, -0.15) is 0 Å². The number of nitrogens with zero attached hydrogens (tertiary/aromatic N) is 1. The van der Waals surface area contributed by atoms with Crippen LogP contribution in [0.5, 0.6) is 5.75 Å². The largest absolute Gasteiger partial charge is 0.507 e. The minimum absolute atomic E-state index is 0.0826. The molecular formula is C25H19ClFNO4. The molecule has 0 spiro atoms. The van der Waals surface area contributed by atoms with E-state index in [1.165, 1.54) is 24.3 Å². The molecule has 1 aliphatic rings. The summed E-state index contributed by atoms with van der Waals surface area (Å²) < 4.78 is 20.3. The van der Waals surface area contributed by atoms with E-state index in [1.807, 2.05) is 6.92 Å². The summed E-state index contributed by atoms with van der Waals surface area (Å²) >= 11 is 6.10. The number of halogens is 2. The fourth-order valence-electron chi connectivity index (χ4n) is 3.75. The molecule has 7 heteroatoms. The standard InChI is InChI=1S/C25H19ClFNO4/c1-2-32-18-12-10-15(11-13-18)23(29)21-22(19-8-3-4-9-20(19)27)28(25(31)24(21)30)17-7-5-6-16(26)14-17/h3-14,22,29H,2H2,1H3/b23-21+. The van der Waals surface area contributed by atoms with Gasteiger partial charge in [0.25, 0.3) is 11.7 Å². The van der Waals surface area contributed by atoms with Crippen LogP contribution in [-0.4, -0.2) is 23.4 Å². The van der Waals surface area contributed by atoms with Crippen LogP contribution in [0.1, 0.15) is 24.1 Å². The van der Waals surface area contributed by atoms with E-state index in [2.05, 4.69) is 0 Å². The predicted octanol–water partition coefficient (Wildman–Crippen LogP) is 5.50. The summed E-state index contributed by atoms with van der Waals surface area (Å²) in [4.78, 5) is 27.3. The predicted molar refractivity (Wildman–Crippen MR) is 120 cm³/mol. The van der Waals surface area contributed by atoms with Crippen LogP contribution in [0.4, 0.5) is 10.1 Å². The highest BCUT2D eigenvalue weighted by atomic mass is 35.5. The number of ether oxygens (including phenoxy) is 1. The number of amides is 1. The van der Waals surface area contributed by atoms with E-state index in [-0.39, 0.29) is 11.1 Å². The first kappa shape index (κ1) is 21.6. The maximum absolute atomic E-state index is 14.8. The number of hydrogen-bond donors (Lipinski definition) is 1. The Morgan fingerprint density at radius 3 is 2.44 bits per heavy atom. The van der Waals surface area contributed by atoms with E-state index in [0.717, 1.165) is 4.90 Å². The van der Waals surface area contributed by atoms with Gasteiger partial charge in [-0.15, -0.1) is 0 Å². The summed E-state index contributed by atoms with van der Waals surface area (Å²) in [5.74, 6) is -2.21. The molecule has 1 saturated heterocycles. The van der Waals surface area contributed by atoms with Crippen molar-refractivity contribution in [2.45, 2.75) is 13.0 Å². The lowest BCUT2D eigenvalue weighted by Gasteiger charge is -2.25. The lowest BCUT2D eigenvalue weighted by molar-refractivity contribution is -0.132. The Morgan fingerprint density at radius 1 is 1.06 bits per heavy atom. The van der Waals surface area contributed by atoms with Crippen molar-refractivity contribution in [1.82, 2.24) is 0 Å². The Kier molecular flexibility index (Phi) is 5.97. The number of ketones is 1. The van der Waals surface area contributed by atoms with E-state index < -0.39 is 29.3 Å². The molecule has 0 radical (unpaired) electrons. The molecule has 0 aromatic heterocycles. The molecule has 5 nitrogen and oxygen atoms in total. The number of aliphatic hydroxyl groups is 1. The van der Waals surface area contributed by atoms with Gasteiger partial charge in [0.05, 0.1) is 18.2 Å². The normalized spacial score (nSPS) is 17.6. The van der Waals surface area contributed by atoms with Crippen molar-refractivity contribution in [2.24, 2.45) is 0 Å². The van der Waals surface area contributed by atoms with Crippen LogP contribution in [0.2, 0.25) is 5.02 Å². The molecule has 32 heavy (non-hydrogen) atoms. The smallest absolute Gasteiger partial charge is 0.300 e. The first-order valence-electron chi connectivity index (χ1n) is 9.96. The molecule has 1 unspecified atom stereocenters. The third-order valence-corrected chi connectivity index (χ3v) is 5.40. The second kappa shape index (κ2) is 8.85. The van der Waals surface area contributed by atoms with Crippen LogP contribution >= 0.6 is 11.6 Å². The molecule has 1 amide bonds. The number of hydrogen-bond acceptors (Lipinski definition) is 4.